The summed E-state index contributed by atoms with van der Waals surface area (Å²) in [5.41, 5.74) is 0.434. The molecule has 0 atom stereocenters. The molecule has 27 heavy (non-hydrogen) atoms. The van der Waals surface area contributed by atoms with Gasteiger partial charge in [-0.25, -0.2) is 8.42 Å². The molecule has 1 heterocycles. The number of carbonyl (C=O) groups is 1. The maximum atomic E-state index is 13.0. The predicted octanol–water partition coefficient (Wildman–Crippen LogP) is 1.04. The fourth-order valence-corrected chi connectivity index (χ4v) is 4.47. The van der Waals surface area contributed by atoms with E-state index in [-0.39, 0.29) is 23.1 Å². The van der Waals surface area contributed by atoms with Crippen LogP contribution in [0.2, 0.25) is 0 Å². The molecule has 0 aromatic heterocycles. The number of amides is 1. The second-order valence-electron chi connectivity index (χ2n) is 6.73. The molecule has 1 aromatic carbocycles. The van der Waals surface area contributed by atoms with Gasteiger partial charge in [-0.2, -0.15) is 4.31 Å². The molecule has 2 N–H and O–H groups in total. The van der Waals surface area contributed by atoms with Crippen LogP contribution in [-0.4, -0.2) is 64.6 Å². The third-order valence-electron chi connectivity index (χ3n) is 4.53. The van der Waals surface area contributed by atoms with E-state index in [2.05, 4.69) is 10.6 Å². The molecule has 1 aliphatic carbocycles. The monoisotopic (exact) mass is 397 g/mol. The quantitative estimate of drug-likeness (QED) is 0.646. The van der Waals surface area contributed by atoms with Crippen LogP contribution in [0.15, 0.2) is 23.1 Å². The molecule has 0 spiro atoms. The first-order chi connectivity index (χ1) is 13.0. The van der Waals surface area contributed by atoms with E-state index in [0.717, 1.165) is 6.54 Å². The van der Waals surface area contributed by atoms with E-state index >= 15 is 0 Å². The summed E-state index contributed by atoms with van der Waals surface area (Å²) in [6.45, 7) is 4.53. The van der Waals surface area contributed by atoms with Crippen LogP contribution in [0.1, 0.15) is 19.8 Å². The van der Waals surface area contributed by atoms with Crippen LogP contribution in [0.3, 0.4) is 0 Å². The number of rotatable bonds is 9. The Morgan fingerprint density at radius 3 is 2.70 bits per heavy atom. The smallest absolute Gasteiger partial charge is 0.246 e. The molecule has 2 fully saturated rings. The molecule has 1 aliphatic heterocycles. The zero-order chi connectivity index (χ0) is 19.3. The third kappa shape index (κ3) is 5.41. The van der Waals surface area contributed by atoms with Crippen LogP contribution in [0.4, 0.5) is 5.69 Å². The maximum absolute atomic E-state index is 13.0. The van der Waals surface area contributed by atoms with Crippen LogP contribution < -0.4 is 15.4 Å². The largest absolute Gasteiger partial charge is 0.492 e. The molecule has 0 bridgehead atoms. The van der Waals surface area contributed by atoms with Gasteiger partial charge < -0.3 is 20.1 Å². The molecular formula is C18H27N3O5S. The summed E-state index contributed by atoms with van der Waals surface area (Å²) < 4.78 is 38.2. The Bertz CT molecular complexity index is 758. The van der Waals surface area contributed by atoms with Crippen LogP contribution in [0.5, 0.6) is 5.75 Å². The summed E-state index contributed by atoms with van der Waals surface area (Å²) in [6, 6.07) is 4.71. The fourth-order valence-electron chi connectivity index (χ4n) is 2.91. The number of nitrogens with one attached hydrogen (secondary N) is 2. The summed E-state index contributed by atoms with van der Waals surface area (Å²) in [5, 5.41) is 5.87. The lowest BCUT2D eigenvalue weighted by atomic mass is 10.3. The van der Waals surface area contributed by atoms with Crippen molar-refractivity contribution in [2.45, 2.75) is 24.7 Å². The van der Waals surface area contributed by atoms with E-state index in [9.17, 15) is 13.2 Å². The molecule has 8 nitrogen and oxygen atoms in total. The van der Waals surface area contributed by atoms with Gasteiger partial charge in [-0.1, -0.05) is 0 Å². The van der Waals surface area contributed by atoms with E-state index in [0.29, 0.717) is 44.5 Å². The van der Waals surface area contributed by atoms with Crippen molar-refractivity contribution in [3.05, 3.63) is 18.2 Å². The highest BCUT2D eigenvalue weighted by Gasteiger charge is 2.30. The van der Waals surface area contributed by atoms with Crippen molar-refractivity contribution in [2.75, 3.05) is 51.3 Å². The Hall–Kier alpha value is -1.68. The Morgan fingerprint density at radius 2 is 2.04 bits per heavy atom. The van der Waals surface area contributed by atoms with E-state index in [1.807, 2.05) is 0 Å². The highest BCUT2D eigenvalue weighted by molar-refractivity contribution is 7.89. The number of hydrogen-bond donors (Lipinski definition) is 2. The highest BCUT2D eigenvalue weighted by Crippen LogP contribution is 2.30. The molecule has 1 aromatic rings. The number of benzene rings is 1. The summed E-state index contributed by atoms with van der Waals surface area (Å²) in [5.74, 6) is 0.775. The van der Waals surface area contributed by atoms with E-state index in [1.165, 1.54) is 23.2 Å². The number of morpholine rings is 1. The lowest BCUT2D eigenvalue weighted by Gasteiger charge is -2.27. The van der Waals surface area contributed by atoms with Gasteiger partial charge in [0.1, 0.15) is 10.6 Å². The minimum absolute atomic E-state index is 0.0648. The van der Waals surface area contributed by atoms with Crippen molar-refractivity contribution in [1.82, 2.24) is 9.62 Å². The molecule has 1 saturated carbocycles. The van der Waals surface area contributed by atoms with Crippen LogP contribution in [0.25, 0.3) is 0 Å². The zero-order valence-electron chi connectivity index (χ0n) is 15.6. The Morgan fingerprint density at radius 1 is 1.30 bits per heavy atom. The van der Waals surface area contributed by atoms with Crippen LogP contribution in [0, 0.1) is 5.92 Å². The molecule has 1 saturated heterocycles. The number of ether oxygens (including phenoxy) is 2. The highest BCUT2D eigenvalue weighted by atomic mass is 32.2. The van der Waals surface area contributed by atoms with Gasteiger partial charge >= 0.3 is 0 Å². The number of carbonyl (C=O) groups excluding carboxylic acids is 1. The molecule has 150 valence electrons. The molecule has 0 unspecified atom stereocenters. The van der Waals surface area contributed by atoms with Crippen molar-refractivity contribution in [3.8, 4) is 5.75 Å². The molecule has 2 aliphatic rings. The number of hydrogen-bond acceptors (Lipinski definition) is 6. The number of nitrogens with zero attached hydrogens (tertiary/aromatic N) is 1. The first-order valence-corrected chi connectivity index (χ1v) is 10.8. The van der Waals surface area contributed by atoms with E-state index < -0.39 is 10.0 Å². The molecular weight excluding hydrogens is 370 g/mol. The second-order valence-corrected chi connectivity index (χ2v) is 8.64. The maximum Gasteiger partial charge on any atom is 0.246 e. The van der Waals surface area contributed by atoms with Crippen LogP contribution in [-0.2, 0) is 19.6 Å². The Balaban J connectivity index is 1.74. The third-order valence-corrected chi connectivity index (χ3v) is 6.45. The average Bonchev–Trinajstić information content (AvgIpc) is 3.48. The predicted molar refractivity (Wildman–Crippen MR) is 101 cm³/mol. The number of sulfonamides is 1. The fraction of sp³-hybridized carbons (Fsp3) is 0.611. The lowest BCUT2D eigenvalue weighted by Crippen LogP contribution is -2.40. The van der Waals surface area contributed by atoms with Crippen molar-refractivity contribution < 1.29 is 22.7 Å². The van der Waals surface area contributed by atoms with Crippen molar-refractivity contribution >= 4 is 21.6 Å². The SMILES string of the molecule is CCOc1ccc(NC(=O)CNCC2CC2)cc1S(=O)(=O)N1CCOCC1. The van der Waals surface area contributed by atoms with Gasteiger partial charge in [0.15, 0.2) is 0 Å². The van der Waals surface area contributed by atoms with Crippen LogP contribution >= 0.6 is 0 Å². The lowest BCUT2D eigenvalue weighted by molar-refractivity contribution is -0.115. The normalized spacial score (nSPS) is 18.3. The standard InChI is InChI=1S/C18H27N3O5S/c1-2-26-16-6-5-15(20-18(22)13-19-12-14-3-4-14)11-17(16)27(23,24)21-7-9-25-10-8-21/h5-6,11,14,19H,2-4,7-10,12-13H2,1H3,(H,20,22). The van der Waals surface area contributed by atoms with Gasteiger partial charge in [-0.3, -0.25) is 4.79 Å². The molecule has 3 rings (SSSR count). The number of anilines is 1. The van der Waals surface area contributed by atoms with Crippen molar-refractivity contribution in [1.29, 1.82) is 0 Å². The molecule has 1 amide bonds. The van der Waals surface area contributed by atoms with Crippen molar-refractivity contribution in [2.24, 2.45) is 5.92 Å². The first-order valence-electron chi connectivity index (χ1n) is 9.36. The topological polar surface area (TPSA) is 97.0 Å². The Labute approximate surface area is 160 Å². The Kier molecular flexibility index (Phi) is 6.69. The first kappa shape index (κ1) is 20.1. The zero-order valence-corrected chi connectivity index (χ0v) is 16.4. The van der Waals surface area contributed by atoms with Gasteiger partial charge in [-0.15, -0.1) is 0 Å². The van der Waals surface area contributed by atoms with Gasteiger partial charge in [0.2, 0.25) is 15.9 Å². The average molecular weight is 397 g/mol. The summed E-state index contributed by atoms with van der Waals surface area (Å²) in [4.78, 5) is 12.2. The van der Waals surface area contributed by atoms with Gasteiger partial charge in [0.05, 0.1) is 26.4 Å². The van der Waals surface area contributed by atoms with Crippen molar-refractivity contribution in [3.63, 3.8) is 0 Å². The summed E-state index contributed by atoms with van der Waals surface area (Å²) in [6.07, 6.45) is 2.44. The van der Waals surface area contributed by atoms with E-state index in [4.69, 9.17) is 9.47 Å². The molecule has 9 heteroatoms. The van der Waals surface area contributed by atoms with E-state index in [1.54, 1.807) is 19.1 Å². The summed E-state index contributed by atoms with van der Waals surface area (Å²) >= 11 is 0. The summed E-state index contributed by atoms with van der Waals surface area (Å²) in [7, 11) is -3.73. The minimum atomic E-state index is -3.73. The van der Waals surface area contributed by atoms with Gasteiger partial charge in [-0.05, 0) is 50.4 Å². The van der Waals surface area contributed by atoms with Gasteiger partial charge in [0, 0.05) is 18.8 Å². The van der Waals surface area contributed by atoms with Gasteiger partial charge in [0.25, 0.3) is 0 Å². The molecule has 0 radical (unpaired) electrons. The minimum Gasteiger partial charge on any atom is -0.492 e. The second kappa shape index (κ2) is 9.01.